The van der Waals surface area contributed by atoms with Gasteiger partial charge in [0.25, 0.3) is 0 Å². The van der Waals surface area contributed by atoms with Crippen LogP contribution < -0.4 is 5.32 Å². The number of ketones is 1. The van der Waals surface area contributed by atoms with Gasteiger partial charge in [0.15, 0.2) is 0 Å². The van der Waals surface area contributed by atoms with Gasteiger partial charge < -0.3 is 5.32 Å². The van der Waals surface area contributed by atoms with E-state index in [2.05, 4.69) is 49.5 Å². The second-order valence-corrected chi connectivity index (χ2v) is 5.60. The van der Waals surface area contributed by atoms with Crippen LogP contribution in [0.3, 0.4) is 0 Å². The van der Waals surface area contributed by atoms with Crippen molar-refractivity contribution in [2.45, 2.75) is 60.3 Å². The van der Waals surface area contributed by atoms with E-state index in [1.54, 1.807) is 6.92 Å². The van der Waals surface area contributed by atoms with E-state index < -0.39 is 0 Å². The minimum absolute atomic E-state index is 0.0226. The van der Waals surface area contributed by atoms with Crippen LogP contribution in [0.4, 0.5) is 0 Å². The Labute approximate surface area is 131 Å². The van der Waals surface area contributed by atoms with Crippen LogP contribution in [0.5, 0.6) is 0 Å². The summed E-state index contributed by atoms with van der Waals surface area (Å²) < 4.78 is 0. The zero-order valence-electron chi connectivity index (χ0n) is 14.5. The van der Waals surface area contributed by atoms with Gasteiger partial charge in [0.2, 0.25) is 0 Å². The lowest BCUT2D eigenvalue weighted by atomic mass is 9.78. The first-order chi connectivity index (χ1) is 10.1. The molecule has 1 aliphatic heterocycles. The molecule has 0 amide bonds. The number of hydrogen-bond donors (Lipinski definition) is 1. The number of aryl methyl sites for hydroxylation is 1. The number of nitrogens with one attached hydrogen (secondary N) is 1. The van der Waals surface area contributed by atoms with Crippen LogP contribution >= 0.6 is 0 Å². The molecule has 2 heteroatoms. The minimum atomic E-state index is -0.0226. The summed E-state index contributed by atoms with van der Waals surface area (Å²) in [4.78, 5) is 11.1. The van der Waals surface area contributed by atoms with Crippen molar-refractivity contribution in [3.05, 3.63) is 35.9 Å². The fourth-order valence-corrected chi connectivity index (χ4v) is 2.26. The highest BCUT2D eigenvalue weighted by molar-refractivity contribution is 5.82. The van der Waals surface area contributed by atoms with E-state index in [1.165, 1.54) is 18.4 Å². The highest BCUT2D eigenvalue weighted by Crippen LogP contribution is 2.28. The SMILES string of the molecule is CC.CC(=O)C1(C)CCNCC1.CCCc1ccccc1. The number of Topliss-reactive ketones (excluding diaryl/α,β-unsaturated/α-hetero) is 1. The van der Waals surface area contributed by atoms with E-state index in [-0.39, 0.29) is 5.41 Å². The summed E-state index contributed by atoms with van der Waals surface area (Å²) in [5.41, 5.74) is 1.42. The monoisotopic (exact) mass is 291 g/mol. The van der Waals surface area contributed by atoms with Crippen molar-refractivity contribution in [2.75, 3.05) is 13.1 Å². The normalized spacial score (nSPS) is 15.9. The van der Waals surface area contributed by atoms with Gasteiger partial charge in [-0.1, -0.05) is 64.4 Å². The maximum absolute atomic E-state index is 11.1. The van der Waals surface area contributed by atoms with E-state index >= 15 is 0 Å². The van der Waals surface area contributed by atoms with E-state index in [4.69, 9.17) is 0 Å². The average Bonchev–Trinajstić information content (AvgIpc) is 2.52. The molecule has 120 valence electrons. The molecule has 1 aliphatic rings. The summed E-state index contributed by atoms with van der Waals surface area (Å²) in [6.07, 6.45) is 4.45. The van der Waals surface area contributed by atoms with E-state index in [0.29, 0.717) is 5.78 Å². The summed E-state index contributed by atoms with van der Waals surface area (Å²) in [5.74, 6) is 0.342. The topological polar surface area (TPSA) is 29.1 Å². The van der Waals surface area contributed by atoms with Crippen molar-refractivity contribution in [3.8, 4) is 0 Å². The molecule has 1 aromatic rings. The molecule has 2 nitrogen and oxygen atoms in total. The molecule has 0 atom stereocenters. The fraction of sp³-hybridized carbons (Fsp3) is 0.632. The number of carbonyl (C=O) groups is 1. The Hall–Kier alpha value is -1.15. The van der Waals surface area contributed by atoms with Crippen LogP contribution in [0.2, 0.25) is 0 Å². The van der Waals surface area contributed by atoms with Gasteiger partial charge in [-0.15, -0.1) is 0 Å². The van der Waals surface area contributed by atoms with Crippen molar-refractivity contribution >= 4 is 5.78 Å². The molecule has 21 heavy (non-hydrogen) atoms. The largest absolute Gasteiger partial charge is 0.317 e. The van der Waals surface area contributed by atoms with Crippen LogP contribution in [0.1, 0.15) is 59.4 Å². The van der Waals surface area contributed by atoms with Crippen LogP contribution in [0, 0.1) is 5.41 Å². The second kappa shape index (κ2) is 11.5. The molecule has 1 fully saturated rings. The Morgan fingerprint density at radius 3 is 2.05 bits per heavy atom. The molecule has 0 spiro atoms. The summed E-state index contributed by atoms with van der Waals surface area (Å²) in [5, 5.41) is 3.24. The number of benzene rings is 1. The Morgan fingerprint density at radius 1 is 1.14 bits per heavy atom. The maximum atomic E-state index is 11.1. The van der Waals surface area contributed by atoms with Gasteiger partial charge in [-0.25, -0.2) is 0 Å². The summed E-state index contributed by atoms with van der Waals surface area (Å²) >= 11 is 0. The Balaban J connectivity index is 0.000000342. The van der Waals surface area contributed by atoms with Crippen molar-refractivity contribution in [2.24, 2.45) is 5.41 Å². The number of carbonyl (C=O) groups excluding carboxylic acids is 1. The molecule has 0 aromatic heterocycles. The van der Waals surface area contributed by atoms with Gasteiger partial charge in [-0.2, -0.15) is 0 Å². The Morgan fingerprint density at radius 2 is 1.67 bits per heavy atom. The fourth-order valence-electron chi connectivity index (χ4n) is 2.26. The van der Waals surface area contributed by atoms with Crippen molar-refractivity contribution in [1.29, 1.82) is 0 Å². The van der Waals surface area contributed by atoms with Crippen molar-refractivity contribution in [3.63, 3.8) is 0 Å². The van der Waals surface area contributed by atoms with Gasteiger partial charge >= 0.3 is 0 Å². The zero-order chi connectivity index (χ0) is 16.1. The number of hydrogen-bond acceptors (Lipinski definition) is 2. The van der Waals surface area contributed by atoms with Crippen molar-refractivity contribution in [1.82, 2.24) is 5.32 Å². The first-order valence-electron chi connectivity index (χ1n) is 8.34. The van der Waals surface area contributed by atoms with Gasteiger partial charge in [-0.3, -0.25) is 4.79 Å². The zero-order valence-corrected chi connectivity index (χ0v) is 14.5. The molecule has 0 unspecified atom stereocenters. The van der Waals surface area contributed by atoms with E-state index in [1.807, 2.05) is 13.8 Å². The van der Waals surface area contributed by atoms with Gasteiger partial charge in [0.05, 0.1) is 0 Å². The third-order valence-electron chi connectivity index (χ3n) is 3.94. The predicted octanol–water partition coefficient (Wildman–Crippen LogP) is 4.63. The van der Waals surface area contributed by atoms with Crippen LogP contribution in [0.25, 0.3) is 0 Å². The number of rotatable bonds is 3. The first kappa shape index (κ1) is 19.9. The first-order valence-corrected chi connectivity index (χ1v) is 8.34. The molecule has 0 aliphatic carbocycles. The highest BCUT2D eigenvalue weighted by atomic mass is 16.1. The molecule has 2 rings (SSSR count). The molecule has 1 aromatic carbocycles. The quantitative estimate of drug-likeness (QED) is 0.879. The Kier molecular flexibility index (Phi) is 10.9. The standard InChI is InChI=1S/C9H12.C8H15NO.C2H6/c1-2-6-9-7-4-3-5-8-9;1-7(10)8(2)3-5-9-6-4-8;1-2/h3-5,7-8H,2,6H2,1H3;9H,3-6H2,1-2H3;1-2H3. The third kappa shape index (κ3) is 8.01. The maximum Gasteiger partial charge on any atom is 0.135 e. The lowest BCUT2D eigenvalue weighted by Crippen LogP contribution is -2.38. The molecule has 0 bridgehead atoms. The molecular formula is C19H33NO. The summed E-state index contributed by atoms with van der Waals surface area (Å²) in [7, 11) is 0. The van der Waals surface area contributed by atoms with Gasteiger partial charge in [-0.05, 0) is 44.8 Å². The second-order valence-electron chi connectivity index (χ2n) is 5.60. The van der Waals surface area contributed by atoms with Gasteiger partial charge in [0, 0.05) is 5.41 Å². The molecular weight excluding hydrogens is 258 g/mol. The Bertz CT molecular complexity index is 366. The smallest absolute Gasteiger partial charge is 0.135 e. The highest BCUT2D eigenvalue weighted by Gasteiger charge is 2.30. The van der Waals surface area contributed by atoms with Gasteiger partial charge in [0.1, 0.15) is 5.78 Å². The molecule has 1 heterocycles. The summed E-state index contributed by atoms with van der Waals surface area (Å²) in [6, 6.07) is 10.6. The number of piperidine rings is 1. The third-order valence-corrected chi connectivity index (χ3v) is 3.94. The lowest BCUT2D eigenvalue weighted by Gasteiger charge is -2.31. The van der Waals surface area contributed by atoms with E-state index in [9.17, 15) is 4.79 Å². The molecule has 1 saturated heterocycles. The van der Waals surface area contributed by atoms with Crippen molar-refractivity contribution < 1.29 is 4.79 Å². The van der Waals surface area contributed by atoms with Crippen LogP contribution in [-0.2, 0) is 11.2 Å². The van der Waals surface area contributed by atoms with Crippen LogP contribution in [0.15, 0.2) is 30.3 Å². The van der Waals surface area contributed by atoms with Crippen LogP contribution in [-0.4, -0.2) is 18.9 Å². The molecule has 0 saturated carbocycles. The predicted molar refractivity (Wildman–Crippen MR) is 92.7 cm³/mol. The van der Waals surface area contributed by atoms with E-state index in [0.717, 1.165) is 25.9 Å². The minimum Gasteiger partial charge on any atom is -0.317 e. The molecule has 0 radical (unpaired) electrons. The summed E-state index contributed by atoms with van der Waals surface area (Å²) in [6.45, 7) is 12.0. The molecule has 1 N–H and O–H groups in total. The lowest BCUT2D eigenvalue weighted by molar-refractivity contribution is -0.126. The average molecular weight is 291 g/mol.